The third-order valence-electron chi connectivity index (χ3n) is 5.16. The lowest BCUT2D eigenvalue weighted by atomic mass is 10.0. The molecule has 2 aromatic rings. The number of nitrogens with zero attached hydrogens (tertiary/aromatic N) is 1. The van der Waals surface area contributed by atoms with E-state index in [2.05, 4.69) is 5.32 Å². The van der Waals surface area contributed by atoms with Crippen molar-refractivity contribution in [3.8, 4) is 11.5 Å². The number of nitrogens with one attached hydrogen (secondary N) is 1. The Morgan fingerprint density at radius 2 is 1.77 bits per heavy atom. The van der Waals surface area contributed by atoms with Crippen molar-refractivity contribution in [3.63, 3.8) is 0 Å². The Kier molecular flexibility index (Phi) is 8.18. The monoisotopic (exact) mass is 444 g/mol. The fourth-order valence-electron chi connectivity index (χ4n) is 3.57. The molecule has 0 aliphatic carbocycles. The average Bonchev–Trinajstić information content (AvgIpc) is 2.79. The van der Waals surface area contributed by atoms with Gasteiger partial charge in [0.2, 0.25) is 0 Å². The molecule has 0 saturated carbocycles. The molecule has 7 heteroatoms. The van der Waals surface area contributed by atoms with Gasteiger partial charge in [-0.3, -0.25) is 9.59 Å². The Labute approximate surface area is 188 Å². The summed E-state index contributed by atoms with van der Waals surface area (Å²) in [7, 11) is 0. The average molecular weight is 445 g/mol. The van der Waals surface area contributed by atoms with Crippen LogP contribution in [0.3, 0.4) is 0 Å². The van der Waals surface area contributed by atoms with Crippen LogP contribution >= 0.6 is 11.6 Å². The van der Waals surface area contributed by atoms with Crippen LogP contribution in [0.1, 0.15) is 53.8 Å². The van der Waals surface area contributed by atoms with Crippen LogP contribution in [0.2, 0.25) is 5.02 Å². The number of halogens is 1. The van der Waals surface area contributed by atoms with Gasteiger partial charge in [-0.2, -0.15) is 0 Å². The molecule has 1 saturated heterocycles. The molecule has 6 nitrogen and oxygen atoms in total. The summed E-state index contributed by atoms with van der Waals surface area (Å²) < 4.78 is 11.4. The largest absolute Gasteiger partial charge is 0.490 e. The number of amides is 2. The number of hydrogen-bond acceptors (Lipinski definition) is 4. The van der Waals surface area contributed by atoms with Crippen LogP contribution in [-0.2, 0) is 0 Å². The van der Waals surface area contributed by atoms with Crippen LogP contribution in [0.25, 0.3) is 0 Å². The van der Waals surface area contributed by atoms with Gasteiger partial charge in [-0.1, -0.05) is 36.7 Å². The number of carbonyl (C=O) groups is 2. The summed E-state index contributed by atoms with van der Waals surface area (Å²) in [4.78, 5) is 27.2. The number of carbonyl (C=O) groups excluding carboxylic acids is 2. The molecule has 166 valence electrons. The number of likely N-dealkylation sites (tertiary alicyclic amines) is 1. The second-order valence-electron chi connectivity index (χ2n) is 7.47. The van der Waals surface area contributed by atoms with Crippen LogP contribution in [0.15, 0.2) is 42.5 Å². The van der Waals surface area contributed by atoms with Crippen LogP contribution < -0.4 is 14.8 Å². The molecule has 0 aromatic heterocycles. The van der Waals surface area contributed by atoms with E-state index in [1.54, 1.807) is 29.2 Å². The highest BCUT2D eigenvalue weighted by molar-refractivity contribution is 6.32. The summed E-state index contributed by atoms with van der Waals surface area (Å²) in [6, 6.07) is 12.5. The topological polar surface area (TPSA) is 67.9 Å². The van der Waals surface area contributed by atoms with E-state index in [0.717, 1.165) is 6.42 Å². The van der Waals surface area contributed by atoms with E-state index in [1.165, 1.54) is 0 Å². The minimum atomic E-state index is -0.0993. The lowest BCUT2D eigenvalue weighted by Crippen LogP contribution is -2.46. The summed E-state index contributed by atoms with van der Waals surface area (Å²) >= 11 is 6.40. The van der Waals surface area contributed by atoms with Gasteiger partial charge in [0, 0.05) is 30.3 Å². The first-order valence-corrected chi connectivity index (χ1v) is 11.2. The molecule has 1 aliphatic rings. The van der Waals surface area contributed by atoms with E-state index >= 15 is 0 Å². The predicted octanol–water partition coefficient (Wildman–Crippen LogP) is 4.56. The Morgan fingerprint density at radius 3 is 2.42 bits per heavy atom. The van der Waals surface area contributed by atoms with E-state index in [0.29, 0.717) is 66.8 Å². The van der Waals surface area contributed by atoms with Crippen molar-refractivity contribution in [2.75, 3.05) is 26.3 Å². The fourth-order valence-corrected chi connectivity index (χ4v) is 3.83. The molecule has 3 rings (SSSR count). The smallest absolute Gasteiger partial charge is 0.254 e. The van der Waals surface area contributed by atoms with Crippen LogP contribution in [-0.4, -0.2) is 49.1 Å². The van der Waals surface area contributed by atoms with Crippen molar-refractivity contribution in [3.05, 3.63) is 58.6 Å². The van der Waals surface area contributed by atoms with Crippen molar-refractivity contribution in [2.45, 2.75) is 39.2 Å². The fraction of sp³-hybridized carbons (Fsp3) is 0.417. The first kappa shape index (κ1) is 22.9. The zero-order chi connectivity index (χ0) is 22.2. The highest BCUT2D eigenvalue weighted by Gasteiger charge is 2.26. The van der Waals surface area contributed by atoms with Crippen molar-refractivity contribution >= 4 is 23.4 Å². The summed E-state index contributed by atoms with van der Waals surface area (Å²) in [6.07, 6.45) is 2.25. The highest BCUT2D eigenvalue weighted by atomic mass is 35.5. The lowest BCUT2D eigenvalue weighted by Gasteiger charge is -2.32. The van der Waals surface area contributed by atoms with Crippen LogP contribution in [0.4, 0.5) is 0 Å². The van der Waals surface area contributed by atoms with Crippen LogP contribution in [0.5, 0.6) is 11.5 Å². The van der Waals surface area contributed by atoms with E-state index in [-0.39, 0.29) is 17.9 Å². The van der Waals surface area contributed by atoms with Gasteiger partial charge in [0.25, 0.3) is 11.8 Å². The summed E-state index contributed by atoms with van der Waals surface area (Å²) in [5, 5.41) is 3.43. The summed E-state index contributed by atoms with van der Waals surface area (Å²) in [5.74, 6) is 0.778. The second kappa shape index (κ2) is 11.0. The number of benzene rings is 2. The highest BCUT2D eigenvalue weighted by Crippen LogP contribution is 2.37. The van der Waals surface area contributed by atoms with Gasteiger partial charge in [-0.15, -0.1) is 0 Å². The molecule has 0 radical (unpaired) electrons. The van der Waals surface area contributed by atoms with Crippen molar-refractivity contribution in [1.29, 1.82) is 0 Å². The molecule has 1 fully saturated rings. The maximum absolute atomic E-state index is 13.1. The van der Waals surface area contributed by atoms with E-state index < -0.39 is 0 Å². The molecular formula is C24H29ClN2O4. The Bertz CT molecular complexity index is 896. The third kappa shape index (κ3) is 5.91. The third-order valence-corrected chi connectivity index (χ3v) is 5.44. The molecule has 0 spiro atoms. The molecule has 0 unspecified atom stereocenters. The number of piperidine rings is 1. The van der Waals surface area contributed by atoms with Gasteiger partial charge in [-0.25, -0.2) is 0 Å². The second-order valence-corrected chi connectivity index (χ2v) is 7.88. The summed E-state index contributed by atoms with van der Waals surface area (Å²) in [5.41, 5.74) is 1.12. The molecule has 1 aliphatic heterocycles. The maximum Gasteiger partial charge on any atom is 0.254 e. The summed E-state index contributed by atoms with van der Waals surface area (Å²) in [6.45, 7) is 5.99. The van der Waals surface area contributed by atoms with Gasteiger partial charge in [0.05, 0.1) is 18.2 Å². The first-order valence-electron chi connectivity index (χ1n) is 10.8. The van der Waals surface area contributed by atoms with Gasteiger partial charge < -0.3 is 19.7 Å². The van der Waals surface area contributed by atoms with E-state index in [4.69, 9.17) is 21.1 Å². The van der Waals surface area contributed by atoms with E-state index in [9.17, 15) is 9.59 Å². The number of rotatable bonds is 8. The number of hydrogen-bond donors (Lipinski definition) is 1. The predicted molar refractivity (Wildman–Crippen MR) is 121 cm³/mol. The molecule has 1 heterocycles. The van der Waals surface area contributed by atoms with Gasteiger partial charge >= 0.3 is 0 Å². The minimum absolute atomic E-state index is 0.0455. The SMILES string of the molecule is CCCOc1c(Cl)cc(C(=O)N2CCC(NC(=O)c3ccccc3)CC2)cc1OCC. The quantitative estimate of drug-likeness (QED) is 0.648. The van der Waals surface area contributed by atoms with Crippen molar-refractivity contribution < 1.29 is 19.1 Å². The Balaban J connectivity index is 1.63. The standard InChI is InChI=1S/C24H29ClN2O4/c1-3-14-31-22-20(25)15-18(16-21(22)30-4-2)24(29)27-12-10-19(11-13-27)26-23(28)17-8-6-5-7-9-17/h5-9,15-16,19H,3-4,10-14H2,1-2H3,(H,26,28). The maximum atomic E-state index is 13.1. The first-order chi connectivity index (χ1) is 15.0. The molecule has 0 bridgehead atoms. The molecule has 2 amide bonds. The minimum Gasteiger partial charge on any atom is -0.490 e. The molecular weight excluding hydrogens is 416 g/mol. The van der Waals surface area contributed by atoms with Gasteiger partial charge in [0.15, 0.2) is 11.5 Å². The normalized spacial score (nSPS) is 14.2. The van der Waals surface area contributed by atoms with Gasteiger partial charge in [0.1, 0.15) is 0 Å². The zero-order valence-corrected chi connectivity index (χ0v) is 18.8. The van der Waals surface area contributed by atoms with Crippen LogP contribution in [0, 0.1) is 0 Å². The Hall–Kier alpha value is -2.73. The molecule has 2 aromatic carbocycles. The molecule has 31 heavy (non-hydrogen) atoms. The Morgan fingerprint density at radius 1 is 1.06 bits per heavy atom. The van der Waals surface area contributed by atoms with Gasteiger partial charge in [-0.05, 0) is 50.5 Å². The lowest BCUT2D eigenvalue weighted by molar-refractivity contribution is 0.0697. The molecule has 0 atom stereocenters. The zero-order valence-electron chi connectivity index (χ0n) is 18.0. The molecule has 1 N–H and O–H groups in total. The number of ether oxygens (including phenoxy) is 2. The van der Waals surface area contributed by atoms with Crippen molar-refractivity contribution in [1.82, 2.24) is 10.2 Å². The van der Waals surface area contributed by atoms with Crippen molar-refractivity contribution in [2.24, 2.45) is 0 Å². The van der Waals surface area contributed by atoms with E-state index in [1.807, 2.05) is 32.0 Å².